The van der Waals surface area contributed by atoms with Gasteiger partial charge in [-0.05, 0) is 45.2 Å². The molecule has 0 radical (unpaired) electrons. The molecular weight excluding hydrogens is 196 g/mol. The van der Waals surface area contributed by atoms with E-state index in [1.165, 1.54) is 64.5 Å². The minimum atomic E-state index is 0.589. The summed E-state index contributed by atoms with van der Waals surface area (Å²) in [5, 5.41) is 3.84. The predicted molar refractivity (Wildman–Crippen MR) is 69.7 cm³/mol. The van der Waals surface area contributed by atoms with E-state index >= 15 is 0 Å². The first-order valence-corrected chi connectivity index (χ1v) is 7.08. The monoisotopic (exact) mass is 224 g/mol. The molecule has 1 N–H and O–H groups in total. The lowest BCUT2D eigenvalue weighted by molar-refractivity contribution is 0.188. The lowest BCUT2D eigenvalue weighted by Gasteiger charge is -2.33. The van der Waals surface area contributed by atoms with Crippen LogP contribution < -0.4 is 5.32 Å². The van der Waals surface area contributed by atoms with Crippen molar-refractivity contribution in [3.05, 3.63) is 0 Å². The van der Waals surface area contributed by atoms with Gasteiger partial charge < -0.3 is 10.2 Å². The topological polar surface area (TPSA) is 15.3 Å². The maximum absolute atomic E-state index is 3.84. The van der Waals surface area contributed by atoms with Crippen molar-refractivity contribution in [3.8, 4) is 0 Å². The van der Waals surface area contributed by atoms with Gasteiger partial charge in [-0.15, -0.1) is 0 Å². The van der Waals surface area contributed by atoms with Crippen LogP contribution in [0, 0.1) is 5.41 Å². The Bertz CT molecular complexity index is 201. The standard InChI is InChI=1S/C14H28N2/c1-16(2)12-14(9-5-6-10-14)11-15-13-7-3-4-8-13/h13,15H,3-12H2,1-2H3. The number of rotatable bonds is 5. The van der Waals surface area contributed by atoms with E-state index in [0.717, 1.165) is 6.04 Å². The highest BCUT2D eigenvalue weighted by Crippen LogP contribution is 2.38. The Balaban J connectivity index is 1.81. The zero-order chi connectivity index (χ0) is 11.4. The molecule has 2 saturated carbocycles. The quantitative estimate of drug-likeness (QED) is 0.772. The molecule has 2 aliphatic rings. The molecule has 0 aromatic carbocycles. The molecule has 94 valence electrons. The van der Waals surface area contributed by atoms with Crippen LogP contribution in [0.3, 0.4) is 0 Å². The summed E-state index contributed by atoms with van der Waals surface area (Å²) in [4.78, 5) is 2.38. The summed E-state index contributed by atoms with van der Waals surface area (Å²) in [6.45, 7) is 2.53. The van der Waals surface area contributed by atoms with Crippen LogP contribution in [0.4, 0.5) is 0 Å². The van der Waals surface area contributed by atoms with Crippen LogP contribution in [-0.2, 0) is 0 Å². The Hall–Kier alpha value is -0.0800. The smallest absolute Gasteiger partial charge is 0.00673 e. The largest absolute Gasteiger partial charge is 0.313 e. The van der Waals surface area contributed by atoms with E-state index in [1.807, 2.05) is 0 Å². The highest BCUT2D eigenvalue weighted by molar-refractivity contribution is 4.90. The zero-order valence-corrected chi connectivity index (χ0v) is 11.1. The summed E-state index contributed by atoms with van der Waals surface area (Å²) in [7, 11) is 4.44. The molecule has 0 aromatic heterocycles. The van der Waals surface area contributed by atoms with E-state index in [4.69, 9.17) is 0 Å². The van der Waals surface area contributed by atoms with Crippen molar-refractivity contribution in [3.63, 3.8) is 0 Å². The molecule has 2 heteroatoms. The van der Waals surface area contributed by atoms with E-state index in [2.05, 4.69) is 24.3 Å². The van der Waals surface area contributed by atoms with E-state index in [-0.39, 0.29) is 0 Å². The fourth-order valence-corrected chi connectivity index (χ4v) is 3.68. The van der Waals surface area contributed by atoms with E-state index < -0.39 is 0 Å². The van der Waals surface area contributed by atoms with Gasteiger partial charge >= 0.3 is 0 Å². The van der Waals surface area contributed by atoms with Gasteiger partial charge in [0.15, 0.2) is 0 Å². The molecule has 2 aliphatic carbocycles. The Morgan fingerprint density at radius 2 is 1.69 bits per heavy atom. The third-order valence-electron chi connectivity index (χ3n) is 4.44. The van der Waals surface area contributed by atoms with Crippen molar-refractivity contribution < 1.29 is 0 Å². The third kappa shape index (κ3) is 3.21. The van der Waals surface area contributed by atoms with Crippen molar-refractivity contribution in [1.82, 2.24) is 10.2 Å². The molecule has 0 spiro atoms. The lowest BCUT2D eigenvalue weighted by Crippen LogP contribution is -2.42. The molecule has 0 heterocycles. The molecule has 0 aliphatic heterocycles. The van der Waals surface area contributed by atoms with Gasteiger partial charge in [0.25, 0.3) is 0 Å². The minimum absolute atomic E-state index is 0.589. The van der Waals surface area contributed by atoms with E-state index in [1.54, 1.807) is 0 Å². The maximum Gasteiger partial charge on any atom is 0.00673 e. The molecule has 16 heavy (non-hydrogen) atoms. The van der Waals surface area contributed by atoms with Gasteiger partial charge in [0.2, 0.25) is 0 Å². The molecule has 2 rings (SSSR count). The second-order valence-electron chi connectivity index (χ2n) is 6.31. The first kappa shape index (κ1) is 12.4. The maximum atomic E-state index is 3.84. The molecule has 0 atom stereocenters. The molecular formula is C14H28N2. The molecule has 2 fully saturated rings. The van der Waals surface area contributed by atoms with Crippen LogP contribution in [0.1, 0.15) is 51.4 Å². The van der Waals surface area contributed by atoms with Crippen molar-refractivity contribution in [2.45, 2.75) is 57.4 Å². The molecule has 0 unspecified atom stereocenters. The number of hydrogen-bond acceptors (Lipinski definition) is 2. The highest BCUT2D eigenvalue weighted by Gasteiger charge is 2.34. The van der Waals surface area contributed by atoms with Crippen molar-refractivity contribution in [2.24, 2.45) is 5.41 Å². The van der Waals surface area contributed by atoms with Crippen LogP contribution in [0.2, 0.25) is 0 Å². The van der Waals surface area contributed by atoms with E-state index in [9.17, 15) is 0 Å². The van der Waals surface area contributed by atoms with Gasteiger partial charge in [0.1, 0.15) is 0 Å². The molecule has 2 nitrogen and oxygen atoms in total. The molecule has 0 bridgehead atoms. The summed E-state index contributed by atoms with van der Waals surface area (Å²) < 4.78 is 0. The van der Waals surface area contributed by atoms with E-state index in [0.29, 0.717) is 5.41 Å². The molecule has 0 saturated heterocycles. The Morgan fingerprint density at radius 1 is 1.06 bits per heavy atom. The molecule has 0 amide bonds. The van der Waals surface area contributed by atoms with Crippen LogP contribution in [0.5, 0.6) is 0 Å². The first-order chi connectivity index (χ1) is 7.70. The zero-order valence-electron chi connectivity index (χ0n) is 11.1. The Labute approximate surface area is 101 Å². The van der Waals surface area contributed by atoms with Crippen molar-refractivity contribution >= 4 is 0 Å². The average Bonchev–Trinajstić information content (AvgIpc) is 2.84. The normalized spacial score (nSPS) is 25.7. The number of nitrogens with one attached hydrogen (secondary N) is 1. The summed E-state index contributed by atoms with van der Waals surface area (Å²) in [5.41, 5.74) is 0.589. The van der Waals surface area contributed by atoms with Gasteiger partial charge in [-0.2, -0.15) is 0 Å². The Kier molecular flexibility index (Phi) is 4.26. The van der Waals surface area contributed by atoms with Gasteiger partial charge in [0, 0.05) is 19.1 Å². The van der Waals surface area contributed by atoms with Crippen LogP contribution >= 0.6 is 0 Å². The fourth-order valence-electron chi connectivity index (χ4n) is 3.68. The first-order valence-electron chi connectivity index (χ1n) is 7.08. The predicted octanol–water partition coefficient (Wildman–Crippen LogP) is 2.64. The number of nitrogens with zero attached hydrogens (tertiary/aromatic N) is 1. The summed E-state index contributed by atoms with van der Waals surface area (Å²) in [6, 6.07) is 0.833. The summed E-state index contributed by atoms with van der Waals surface area (Å²) in [6.07, 6.45) is 11.5. The van der Waals surface area contributed by atoms with Gasteiger partial charge in [0.05, 0.1) is 0 Å². The van der Waals surface area contributed by atoms with Crippen molar-refractivity contribution in [2.75, 3.05) is 27.2 Å². The minimum Gasteiger partial charge on any atom is -0.313 e. The summed E-state index contributed by atoms with van der Waals surface area (Å²) in [5.74, 6) is 0. The van der Waals surface area contributed by atoms with Crippen molar-refractivity contribution in [1.29, 1.82) is 0 Å². The third-order valence-corrected chi connectivity index (χ3v) is 4.44. The van der Waals surface area contributed by atoms with Crippen LogP contribution in [0.15, 0.2) is 0 Å². The average molecular weight is 224 g/mol. The lowest BCUT2D eigenvalue weighted by atomic mass is 9.85. The van der Waals surface area contributed by atoms with Crippen LogP contribution in [-0.4, -0.2) is 38.1 Å². The molecule has 0 aromatic rings. The highest BCUT2D eigenvalue weighted by atomic mass is 15.1. The summed E-state index contributed by atoms with van der Waals surface area (Å²) >= 11 is 0. The van der Waals surface area contributed by atoms with Crippen LogP contribution in [0.25, 0.3) is 0 Å². The second kappa shape index (κ2) is 5.50. The van der Waals surface area contributed by atoms with Gasteiger partial charge in [-0.25, -0.2) is 0 Å². The second-order valence-corrected chi connectivity index (χ2v) is 6.31. The van der Waals surface area contributed by atoms with Gasteiger partial charge in [-0.3, -0.25) is 0 Å². The van der Waals surface area contributed by atoms with Gasteiger partial charge in [-0.1, -0.05) is 25.7 Å². The Morgan fingerprint density at radius 3 is 2.25 bits per heavy atom. The SMILES string of the molecule is CN(C)CC1(CNC2CCCC2)CCCC1. The fraction of sp³-hybridized carbons (Fsp3) is 1.00. The number of hydrogen-bond donors (Lipinski definition) is 1.